The Balaban J connectivity index is 0.000000154. The Hall–Kier alpha value is -3.63. The number of hydrogen-bond donors (Lipinski definition) is 1. The van der Waals surface area contributed by atoms with Crippen LogP contribution < -0.4 is 10.6 Å². The summed E-state index contributed by atoms with van der Waals surface area (Å²) >= 11 is 0. The fraction of sp³-hybridized carbons (Fsp3) is 0.381. The molecule has 1 saturated carbocycles. The molecule has 0 atom stereocenters. The molecule has 1 fully saturated rings. The van der Waals surface area contributed by atoms with Gasteiger partial charge in [-0.1, -0.05) is 0 Å². The van der Waals surface area contributed by atoms with Crippen molar-refractivity contribution in [3.8, 4) is 0 Å². The van der Waals surface area contributed by atoms with Crippen LogP contribution >= 0.6 is 0 Å². The van der Waals surface area contributed by atoms with Crippen molar-refractivity contribution in [2.24, 2.45) is 5.73 Å². The molecule has 2 aliphatic rings. The average molecular weight is 443 g/mol. The van der Waals surface area contributed by atoms with Gasteiger partial charge >= 0.3 is 0 Å². The van der Waals surface area contributed by atoms with E-state index < -0.39 is 17.5 Å². The van der Waals surface area contributed by atoms with Gasteiger partial charge in [0.05, 0.1) is 12.2 Å². The first-order valence-electron chi connectivity index (χ1n) is 10.3. The number of hydrogen-bond acceptors (Lipinski definition) is 5. The second kappa shape index (κ2) is 8.85. The molecule has 5 rings (SSSR count). The summed E-state index contributed by atoms with van der Waals surface area (Å²) in [6.07, 6.45) is 5.33. The summed E-state index contributed by atoms with van der Waals surface area (Å²) in [5.41, 5.74) is 6.52. The van der Waals surface area contributed by atoms with Gasteiger partial charge in [-0.15, -0.1) is 5.10 Å². The predicted octanol–water partition coefficient (Wildman–Crippen LogP) is 2.22. The third-order valence-corrected chi connectivity index (χ3v) is 5.28. The maximum atomic E-state index is 12.9. The van der Waals surface area contributed by atoms with Crippen LogP contribution in [0, 0.1) is 11.6 Å². The molecule has 3 heterocycles. The molecule has 0 unspecified atom stereocenters. The first-order chi connectivity index (χ1) is 15.3. The summed E-state index contributed by atoms with van der Waals surface area (Å²) < 4.78 is 29.1. The van der Waals surface area contributed by atoms with Crippen molar-refractivity contribution in [2.75, 3.05) is 11.9 Å². The van der Waals surface area contributed by atoms with E-state index in [1.165, 1.54) is 41.7 Å². The Kier molecular flexibility index (Phi) is 5.97. The van der Waals surface area contributed by atoms with Gasteiger partial charge < -0.3 is 10.6 Å². The monoisotopic (exact) mass is 443 g/mol. The second-order valence-electron chi connectivity index (χ2n) is 7.89. The molecule has 0 radical (unpaired) electrons. The van der Waals surface area contributed by atoms with Gasteiger partial charge in [0.2, 0.25) is 11.7 Å². The smallest absolute Gasteiger partial charge is 0.288 e. The van der Waals surface area contributed by atoms with Crippen LogP contribution in [0.2, 0.25) is 0 Å². The van der Waals surface area contributed by atoms with Crippen molar-refractivity contribution in [3.63, 3.8) is 0 Å². The highest BCUT2D eigenvalue weighted by Crippen LogP contribution is 2.40. The van der Waals surface area contributed by atoms with Gasteiger partial charge in [-0.05, 0) is 37.0 Å². The summed E-state index contributed by atoms with van der Waals surface area (Å²) in [5.74, 6) is -0.398. The maximum Gasteiger partial charge on any atom is 0.288 e. The average Bonchev–Trinajstić information content (AvgIpc) is 3.35. The minimum atomic E-state index is -0.755. The second-order valence-corrected chi connectivity index (χ2v) is 7.89. The van der Waals surface area contributed by atoms with Crippen LogP contribution in [0.4, 0.5) is 14.6 Å². The first-order valence-corrected chi connectivity index (χ1v) is 10.3. The van der Waals surface area contributed by atoms with E-state index in [1.807, 2.05) is 11.7 Å². The topological polar surface area (TPSA) is 112 Å². The molecule has 2 N–H and O–H groups in total. The van der Waals surface area contributed by atoms with Gasteiger partial charge in [-0.2, -0.15) is 5.10 Å². The lowest BCUT2D eigenvalue weighted by Crippen LogP contribution is -2.25. The van der Waals surface area contributed by atoms with E-state index in [9.17, 15) is 18.4 Å². The Morgan fingerprint density at radius 3 is 2.50 bits per heavy atom. The van der Waals surface area contributed by atoms with Gasteiger partial charge in [-0.3, -0.25) is 9.59 Å². The van der Waals surface area contributed by atoms with Crippen LogP contribution in [0.15, 0.2) is 30.6 Å². The van der Waals surface area contributed by atoms with Crippen molar-refractivity contribution >= 4 is 17.6 Å². The zero-order chi connectivity index (χ0) is 22.8. The summed E-state index contributed by atoms with van der Waals surface area (Å²) in [6.45, 7) is 0.979. The largest absolute Gasteiger partial charge is 0.363 e. The van der Waals surface area contributed by atoms with Gasteiger partial charge in [0.1, 0.15) is 23.8 Å². The molecular formula is C21H23F2N7O2. The zero-order valence-electron chi connectivity index (χ0n) is 17.5. The van der Waals surface area contributed by atoms with Gasteiger partial charge in [0.25, 0.3) is 5.91 Å². The molecule has 1 aromatic carbocycles. The Labute approximate surface area is 182 Å². The molecule has 9 nitrogen and oxygen atoms in total. The fourth-order valence-corrected chi connectivity index (χ4v) is 3.49. The van der Waals surface area contributed by atoms with Crippen LogP contribution in [0.3, 0.4) is 0 Å². The molecule has 0 bridgehead atoms. The molecule has 1 aliphatic carbocycles. The third kappa shape index (κ3) is 4.98. The SMILES string of the molecule is CN1C(=O)CCCn2nc(C3CC3)cc21.NC(=O)c1ncn(Cc2cc(F)cc(F)c2)n1. The van der Waals surface area contributed by atoms with Gasteiger partial charge in [0, 0.05) is 38.1 Å². The highest BCUT2D eigenvalue weighted by Gasteiger charge is 2.29. The number of rotatable bonds is 4. The van der Waals surface area contributed by atoms with Crippen LogP contribution in [0.25, 0.3) is 0 Å². The molecular weight excluding hydrogens is 420 g/mol. The lowest BCUT2D eigenvalue weighted by Gasteiger charge is -2.13. The number of aryl methyl sites for hydroxylation is 1. The van der Waals surface area contributed by atoms with Crippen LogP contribution in [0.5, 0.6) is 0 Å². The first kappa shape index (κ1) is 21.6. The van der Waals surface area contributed by atoms with E-state index in [1.54, 1.807) is 4.90 Å². The van der Waals surface area contributed by atoms with E-state index >= 15 is 0 Å². The zero-order valence-corrected chi connectivity index (χ0v) is 17.5. The summed E-state index contributed by atoms with van der Waals surface area (Å²) in [4.78, 5) is 27.8. The number of nitrogens with zero attached hydrogens (tertiary/aromatic N) is 6. The van der Waals surface area contributed by atoms with Crippen molar-refractivity contribution in [2.45, 2.75) is 44.7 Å². The van der Waals surface area contributed by atoms with Crippen LogP contribution in [0.1, 0.15) is 53.5 Å². The Morgan fingerprint density at radius 1 is 1.16 bits per heavy atom. The number of carbonyl (C=O) groups is 2. The summed E-state index contributed by atoms with van der Waals surface area (Å²) in [7, 11) is 1.85. The van der Waals surface area contributed by atoms with Crippen molar-refractivity contribution in [3.05, 3.63) is 59.3 Å². The highest BCUT2D eigenvalue weighted by atomic mass is 19.1. The molecule has 2 amide bonds. The standard InChI is InChI=1S/C11H15N3O.C10H8F2N4O/c1-13-10-7-9(8-4-5-8)12-14(10)6-2-3-11(13)15;11-7-1-6(2-8(12)3-7)4-16-5-14-10(15-16)9(13)17/h7-8H,2-6H2,1H3;1-3,5H,4H2,(H2,13,17). The number of halogens is 2. The Bertz CT molecular complexity index is 1130. The third-order valence-electron chi connectivity index (χ3n) is 5.28. The molecule has 0 spiro atoms. The number of benzene rings is 1. The fourth-order valence-electron chi connectivity index (χ4n) is 3.49. The number of anilines is 1. The van der Waals surface area contributed by atoms with Crippen molar-refractivity contribution in [1.82, 2.24) is 24.5 Å². The lowest BCUT2D eigenvalue weighted by atomic mass is 10.2. The number of amides is 2. The molecule has 3 aromatic rings. The van der Waals surface area contributed by atoms with E-state index in [2.05, 4.69) is 21.2 Å². The van der Waals surface area contributed by atoms with E-state index in [-0.39, 0.29) is 18.3 Å². The van der Waals surface area contributed by atoms with Crippen molar-refractivity contribution in [1.29, 1.82) is 0 Å². The maximum absolute atomic E-state index is 12.9. The van der Waals surface area contributed by atoms with Gasteiger partial charge in [0.15, 0.2) is 0 Å². The molecule has 168 valence electrons. The van der Waals surface area contributed by atoms with Crippen molar-refractivity contribution < 1.29 is 18.4 Å². The van der Waals surface area contributed by atoms with Crippen LogP contribution in [-0.4, -0.2) is 43.4 Å². The number of carbonyl (C=O) groups excluding carboxylic acids is 2. The van der Waals surface area contributed by atoms with E-state index in [4.69, 9.17) is 5.73 Å². The lowest BCUT2D eigenvalue weighted by molar-refractivity contribution is -0.118. The number of fused-ring (bicyclic) bond motifs is 1. The normalized spacial score (nSPS) is 15.6. The quantitative estimate of drug-likeness (QED) is 0.665. The van der Waals surface area contributed by atoms with Crippen LogP contribution in [-0.2, 0) is 17.9 Å². The Morgan fingerprint density at radius 2 is 1.88 bits per heavy atom. The number of nitrogens with two attached hydrogens (primary N) is 1. The number of primary amides is 1. The molecule has 2 aromatic heterocycles. The minimum Gasteiger partial charge on any atom is -0.363 e. The molecule has 32 heavy (non-hydrogen) atoms. The molecule has 11 heteroatoms. The van der Waals surface area contributed by atoms with Gasteiger partial charge in [-0.25, -0.2) is 23.1 Å². The summed E-state index contributed by atoms with van der Waals surface area (Å²) in [5, 5.41) is 8.33. The molecule has 1 aliphatic heterocycles. The molecule has 0 saturated heterocycles. The number of aromatic nitrogens is 5. The summed E-state index contributed by atoms with van der Waals surface area (Å²) in [6, 6.07) is 5.21. The van der Waals surface area contributed by atoms with E-state index in [0.29, 0.717) is 17.9 Å². The highest BCUT2D eigenvalue weighted by molar-refractivity contribution is 5.92. The minimum absolute atomic E-state index is 0.106. The predicted molar refractivity (Wildman–Crippen MR) is 111 cm³/mol. The van der Waals surface area contributed by atoms with E-state index in [0.717, 1.165) is 24.8 Å².